The van der Waals surface area contributed by atoms with Crippen LogP contribution in [0.1, 0.15) is 25.0 Å². The fourth-order valence-corrected chi connectivity index (χ4v) is 16.4. The van der Waals surface area contributed by atoms with Crippen LogP contribution in [-0.2, 0) is 5.41 Å². The molecule has 0 saturated carbocycles. The molecule has 7 nitrogen and oxygen atoms in total. The van der Waals surface area contributed by atoms with Crippen molar-refractivity contribution in [3.8, 4) is 11.5 Å². The number of hydrogen-bond acceptors (Lipinski definition) is 7. The Morgan fingerprint density at radius 3 is 1.18 bits per heavy atom. The molecule has 0 bridgehead atoms. The molecule has 0 atom stereocenters. The minimum absolute atomic E-state index is 0.196. The topological polar surface area (TPSA) is 28.7 Å². The van der Waals surface area contributed by atoms with Crippen molar-refractivity contribution in [2.75, 3.05) is 29.4 Å². The molecular weight excluding hydrogens is 1170 g/mol. The molecule has 14 aromatic carbocycles. The lowest BCUT2D eigenvalue weighted by Gasteiger charge is -2.48. The molecule has 0 aromatic heterocycles. The first kappa shape index (κ1) is 55.4. The van der Waals surface area contributed by atoms with Gasteiger partial charge in [-0.05, 0) is 172 Å². The molecule has 0 fully saturated rings. The summed E-state index contributed by atoms with van der Waals surface area (Å²) in [6.45, 7) is 4.40. The number of ether oxygens (including phenoxy) is 1. The largest absolute Gasteiger partial charge is 0.458 e. The Hall–Kier alpha value is -12.2. The molecule has 0 N–H and O–H groups in total. The third-order valence-electron chi connectivity index (χ3n) is 20.3. The van der Waals surface area contributed by atoms with Crippen LogP contribution in [0.5, 0.6) is 11.5 Å². The van der Waals surface area contributed by atoms with E-state index < -0.39 is 5.41 Å². The highest BCUT2D eigenvalue weighted by Crippen LogP contribution is 2.58. The van der Waals surface area contributed by atoms with E-state index in [0.29, 0.717) is 0 Å². The molecule has 0 aliphatic carbocycles. The molecule has 0 unspecified atom stereocenters. The third-order valence-corrected chi connectivity index (χ3v) is 20.3. The minimum atomic E-state index is -0.486. The van der Waals surface area contributed by atoms with E-state index in [1.54, 1.807) is 0 Å². The fraction of sp³-hybridized carbons (Fsp3) is 0.0345. The van der Waals surface area contributed by atoms with Crippen LogP contribution in [0.15, 0.2) is 340 Å². The van der Waals surface area contributed by atoms with Crippen molar-refractivity contribution in [1.29, 1.82) is 0 Å². The van der Waals surface area contributed by atoms with Gasteiger partial charge in [-0.25, -0.2) is 0 Å². The average Bonchev–Trinajstić information content (AvgIpc) is 0.714. The van der Waals surface area contributed by atoms with Crippen LogP contribution in [-0.4, -0.2) is 13.4 Å². The lowest BCUT2D eigenvalue weighted by atomic mass is 9.30. The van der Waals surface area contributed by atoms with Crippen molar-refractivity contribution >= 4 is 149 Å². The first-order chi connectivity index (χ1) is 47.4. The molecule has 9 heteroatoms. The fourth-order valence-electron chi connectivity index (χ4n) is 16.4. The van der Waals surface area contributed by atoms with Gasteiger partial charge in [0.25, 0.3) is 13.4 Å². The standard InChI is InChI=1S/C87H62B2N6O/c1-87(2)69-47-27-29-49-74(69)92(63-39-19-7-20-40-63)76-52-51-71-86(83(76)87)95(66-45-25-10-26-46-66)80-55-68(91(61-35-15-5-16-36-61)62-37-17-6-18-38-62)56-82-85(80)89(71)73-57-72-77(58-81(73)96-82)94(65-43-23-9-24-44-65)79-54-67(90(59-31-11-3-12-32-59)60-33-13-4-14-34-60)53-78-84(79)88(72)70-48-28-30-50-75(70)93(78)64-41-21-8-22-42-64/h3-58H,1-2H3. The first-order valence-corrected chi connectivity index (χ1v) is 33.2. The zero-order chi connectivity index (χ0) is 63.6. The maximum absolute atomic E-state index is 7.92. The quantitative estimate of drug-likeness (QED) is 0.126. The molecule has 96 heavy (non-hydrogen) atoms. The maximum Gasteiger partial charge on any atom is 0.256 e. The molecule has 0 spiro atoms. The summed E-state index contributed by atoms with van der Waals surface area (Å²) in [4.78, 5) is 14.9. The normalized spacial score (nSPS) is 13.8. The summed E-state index contributed by atoms with van der Waals surface area (Å²) in [7, 11) is 0. The van der Waals surface area contributed by atoms with E-state index in [0.717, 1.165) is 113 Å². The second-order valence-corrected chi connectivity index (χ2v) is 26.0. The van der Waals surface area contributed by atoms with Crippen LogP contribution in [0.25, 0.3) is 0 Å². The van der Waals surface area contributed by atoms with E-state index in [4.69, 9.17) is 4.74 Å². The molecule has 0 amide bonds. The van der Waals surface area contributed by atoms with Gasteiger partial charge in [-0.15, -0.1) is 0 Å². The SMILES string of the molecule is CC1(C)c2ccccc2N(c2ccccc2)c2ccc3c(c21)N(c1ccccc1)c1cc(N(c2ccccc2)c2ccccc2)cc2c1B3c1cc3c(cc1O2)N(c1ccccc1)c1cc(N(c2ccccc2)c2ccccc2)cc2c1B3c1ccccc1N2c1ccccc1. The third kappa shape index (κ3) is 8.49. The van der Waals surface area contributed by atoms with E-state index in [2.05, 4.69) is 383 Å². The molecule has 0 radical (unpaired) electrons. The predicted octanol–water partition coefficient (Wildman–Crippen LogP) is 19.2. The van der Waals surface area contributed by atoms with Crippen molar-refractivity contribution in [3.63, 3.8) is 0 Å². The Balaban J connectivity index is 0.925. The van der Waals surface area contributed by atoms with Gasteiger partial charge in [0.15, 0.2) is 0 Å². The van der Waals surface area contributed by atoms with E-state index >= 15 is 0 Å². The summed E-state index contributed by atoms with van der Waals surface area (Å²) in [6, 6.07) is 125. The maximum atomic E-state index is 7.92. The van der Waals surface area contributed by atoms with Crippen LogP contribution < -0.4 is 66.9 Å². The summed E-state index contributed by atoms with van der Waals surface area (Å²) in [5.74, 6) is 1.63. The highest BCUT2D eigenvalue weighted by molar-refractivity contribution is 7.02. The smallest absolute Gasteiger partial charge is 0.256 e. The highest BCUT2D eigenvalue weighted by atomic mass is 16.5. The summed E-state index contributed by atoms with van der Waals surface area (Å²) < 4.78 is 7.92. The van der Waals surface area contributed by atoms with Gasteiger partial charge in [-0.2, -0.15) is 0 Å². The Kier molecular flexibility index (Phi) is 12.7. The first-order valence-electron chi connectivity index (χ1n) is 33.2. The van der Waals surface area contributed by atoms with Gasteiger partial charge in [0, 0.05) is 103 Å². The number of fused-ring (bicyclic) bond motifs is 11. The summed E-state index contributed by atoms with van der Waals surface area (Å²) in [5, 5.41) is 0. The van der Waals surface area contributed by atoms with E-state index in [-0.39, 0.29) is 13.4 Å². The van der Waals surface area contributed by atoms with Crippen molar-refractivity contribution in [2.24, 2.45) is 0 Å². The van der Waals surface area contributed by atoms with Gasteiger partial charge in [0.05, 0.1) is 22.7 Å². The van der Waals surface area contributed by atoms with Crippen molar-refractivity contribution in [3.05, 3.63) is 351 Å². The number of hydrogen-bond donors (Lipinski definition) is 0. The minimum Gasteiger partial charge on any atom is -0.458 e. The number of nitrogens with zero attached hydrogens (tertiary/aromatic N) is 6. The lowest BCUT2D eigenvalue weighted by Crippen LogP contribution is -2.64. The predicted molar refractivity (Wildman–Crippen MR) is 402 cm³/mol. The van der Waals surface area contributed by atoms with Gasteiger partial charge in [-0.3, -0.25) is 0 Å². The lowest BCUT2D eigenvalue weighted by molar-refractivity contribution is 0.488. The van der Waals surface area contributed by atoms with Gasteiger partial charge < -0.3 is 34.1 Å². The van der Waals surface area contributed by atoms with Gasteiger partial charge >= 0.3 is 0 Å². The number of benzene rings is 14. The Bertz CT molecular complexity index is 5260. The number of para-hydroxylation sites is 10. The van der Waals surface area contributed by atoms with Crippen LogP contribution in [0.2, 0.25) is 0 Å². The summed E-state index contributed by atoms with van der Waals surface area (Å²) in [5.41, 5.74) is 28.7. The molecule has 5 aliphatic heterocycles. The van der Waals surface area contributed by atoms with Gasteiger partial charge in [-0.1, -0.05) is 208 Å². The molecule has 14 aromatic rings. The zero-order valence-corrected chi connectivity index (χ0v) is 53.1. The van der Waals surface area contributed by atoms with E-state index in [9.17, 15) is 0 Å². The second kappa shape index (κ2) is 22.0. The highest BCUT2D eigenvalue weighted by Gasteiger charge is 2.51. The van der Waals surface area contributed by atoms with Gasteiger partial charge in [0.2, 0.25) is 0 Å². The van der Waals surface area contributed by atoms with E-state index in [1.807, 2.05) is 0 Å². The van der Waals surface area contributed by atoms with Gasteiger partial charge in [0.1, 0.15) is 11.5 Å². The molecule has 5 heterocycles. The Morgan fingerprint density at radius 2 is 0.667 bits per heavy atom. The van der Waals surface area contributed by atoms with Crippen LogP contribution in [0, 0.1) is 0 Å². The number of anilines is 18. The summed E-state index contributed by atoms with van der Waals surface area (Å²) >= 11 is 0. The van der Waals surface area contributed by atoms with Crippen molar-refractivity contribution in [1.82, 2.24) is 0 Å². The molecule has 0 saturated heterocycles. The average molecular weight is 1230 g/mol. The monoisotopic (exact) mass is 1230 g/mol. The molecule has 5 aliphatic rings. The van der Waals surface area contributed by atoms with Crippen LogP contribution in [0.4, 0.5) is 102 Å². The van der Waals surface area contributed by atoms with Crippen molar-refractivity contribution < 1.29 is 4.74 Å². The van der Waals surface area contributed by atoms with E-state index in [1.165, 1.54) is 44.4 Å². The summed E-state index contributed by atoms with van der Waals surface area (Å²) in [6.07, 6.45) is 0. The van der Waals surface area contributed by atoms with Crippen molar-refractivity contribution in [2.45, 2.75) is 19.3 Å². The number of rotatable bonds is 10. The molecule has 19 rings (SSSR count). The zero-order valence-electron chi connectivity index (χ0n) is 53.1. The van der Waals surface area contributed by atoms with Crippen LogP contribution in [0.3, 0.4) is 0 Å². The molecule has 452 valence electrons. The second-order valence-electron chi connectivity index (χ2n) is 26.0. The molecular formula is C87H62B2N6O. The Labute approximate surface area is 561 Å². The van der Waals surface area contributed by atoms with Crippen LogP contribution >= 0.6 is 0 Å². The Morgan fingerprint density at radius 1 is 0.271 bits per heavy atom.